The molecule has 1 aliphatic heterocycles. The molecule has 2 aliphatic rings. The molecule has 1 amide bonds. The molecule has 0 fully saturated rings. The van der Waals surface area contributed by atoms with Gasteiger partial charge in [-0.15, -0.1) is 0 Å². The van der Waals surface area contributed by atoms with E-state index in [9.17, 15) is 9.18 Å². The van der Waals surface area contributed by atoms with Crippen molar-refractivity contribution in [3.8, 4) is 0 Å². The number of fused-ring (bicyclic) bond motifs is 3. The van der Waals surface area contributed by atoms with E-state index in [1.54, 1.807) is 0 Å². The lowest BCUT2D eigenvalue weighted by atomic mass is 10.2. The fourth-order valence-electron chi connectivity index (χ4n) is 2.49. The summed E-state index contributed by atoms with van der Waals surface area (Å²) in [6.07, 6.45) is 2.72. The number of carbonyl (C=O) groups is 1. The second kappa shape index (κ2) is 2.59. The predicted octanol–water partition coefficient (Wildman–Crippen LogP) is 0.859. The Balaban J connectivity index is 2.27. The number of halogens is 1. The number of hydrogen-bond donors (Lipinski definition) is 1. The van der Waals surface area contributed by atoms with Crippen LogP contribution in [-0.4, -0.2) is 17.0 Å². The van der Waals surface area contributed by atoms with Crippen molar-refractivity contribution in [3.05, 3.63) is 22.8 Å². The van der Waals surface area contributed by atoms with Crippen molar-refractivity contribution < 1.29 is 9.18 Å². The first-order valence-corrected chi connectivity index (χ1v) is 4.97. The molecule has 0 saturated carbocycles. The molecule has 0 saturated heterocycles. The molecule has 3 rings (SSSR count). The Morgan fingerprint density at radius 2 is 2.21 bits per heavy atom. The molecule has 1 aromatic heterocycles. The van der Waals surface area contributed by atoms with Crippen LogP contribution in [0.3, 0.4) is 0 Å². The summed E-state index contributed by atoms with van der Waals surface area (Å²) in [6, 6.07) is 0. The van der Waals surface area contributed by atoms with Gasteiger partial charge in [0.05, 0.1) is 0 Å². The zero-order chi connectivity index (χ0) is 9.71. The smallest absolute Gasteiger partial charge is 0.271 e. The van der Waals surface area contributed by atoms with Gasteiger partial charge in [0.1, 0.15) is 5.69 Å². The lowest BCUT2D eigenvalue weighted by molar-refractivity contribution is 0.0922. The summed E-state index contributed by atoms with van der Waals surface area (Å²) in [6.45, 7) is 1.33. The SMILES string of the molecule is O=C1NCCn2c3c(c(F)c21)CCC3. The molecule has 1 N–H and O–H groups in total. The lowest BCUT2D eigenvalue weighted by Gasteiger charge is -2.17. The maximum atomic E-state index is 13.8. The van der Waals surface area contributed by atoms with E-state index in [0.717, 1.165) is 30.5 Å². The Bertz CT molecular complexity index is 422. The summed E-state index contributed by atoms with van der Waals surface area (Å²) in [4.78, 5) is 11.4. The highest BCUT2D eigenvalue weighted by atomic mass is 19.1. The van der Waals surface area contributed by atoms with E-state index in [0.29, 0.717) is 13.1 Å². The maximum Gasteiger partial charge on any atom is 0.271 e. The number of hydrogen-bond acceptors (Lipinski definition) is 1. The zero-order valence-electron chi connectivity index (χ0n) is 7.77. The number of nitrogens with one attached hydrogen (secondary N) is 1. The van der Waals surface area contributed by atoms with Crippen molar-refractivity contribution in [3.63, 3.8) is 0 Å². The van der Waals surface area contributed by atoms with Gasteiger partial charge < -0.3 is 9.88 Å². The molecule has 0 spiro atoms. The zero-order valence-corrected chi connectivity index (χ0v) is 7.77. The Hall–Kier alpha value is -1.32. The van der Waals surface area contributed by atoms with E-state index in [-0.39, 0.29) is 17.4 Å². The second-order valence-corrected chi connectivity index (χ2v) is 3.85. The second-order valence-electron chi connectivity index (χ2n) is 3.85. The van der Waals surface area contributed by atoms with E-state index < -0.39 is 0 Å². The maximum absolute atomic E-state index is 13.8. The number of aromatic nitrogens is 1. The van der Waals surface area contributed by atoms with E-state index in [1.807, 2.05) is 4.57 Å². The Kier molecular flexibility index (Phi) is 1.48. The lowest BCUT2D eigenvalue weighted by Crippen LogP contribution is -2.36. The normalized spacial score (nSPS) is 19.1. The molecule has 0 radical (unpaired) electrons. The van der Waals surface area contributed by atoms with Crippen molar-refractivity contribution in [1.82, 2.24) is 9.88 Å². The molecular formula is C10H11FN2O. The minimum atomic E-state index is -0.283. The van der Waals surface area contributed by atoms with Crippen molar-refractivity contribution in [2.24, 2.45) is 0 Å². The largest absolute Gasteiger partial charge is 0.349 e. The highest BCUT2D eigenvalue weighted by Crippen LogP contribution is 2.30. The van der Waals surface area contributed by atoms with Crippen molar-refractivity contribution in [1.29, 1.82) is 0 Å². The van der Waals surface area contributed by atoms with Crippen LogP contribution in [0.1, 0.15) is 28.2 Å². The monoisotopic (exact) mass is 194 g/mol. The first kappa shape index (κ1) is 8.03. The number of carbonyl (C=O) groups excluding carboxylic acids is 1. The molecule has 0 atom stereocenters. The van der Waals surface area contributed by atoms with Gasteiger partial charge in [-0.05, 0) is 19.3 Å². The van der Waals surface area contributed by atoms with Crippen LogP contribution in [0.5, 0.6) is 0 Å². The molecule has 1 aliphatic carbocycles. The Morgan fingerprint density at radius 1 is 1.36 bits per heavy atom. The quantitative estimate of drug-likeness (QED) is 0.653. The molecule has 3 nitrogen and oxygen atoms in total. The van der Waals surface area contributed by atoms with E-state index >= 15 is 0 Å². The summed E-state index contributed by atoms with van der Waals surface area (Å²) in [5, 5.41) is 2.67. The molecule has 74 valence electrons. The average molecular weight is 194 g/mol. The topological polar surface area (TPSA) is 34.0 Å². The van der Waals surface area contributed by atoms with Crippen LogP contribution in [0.15, 0.2) is 0 Å². The molecule has 2 heterocycles. The van der Waals surface area contributed by atoms with Gasteiger partial charge in [0.25, 0.3) is 5.91 Å². The third-order valence-corrected chi connectivity index (χ3v) is 3.09. The van der Waals surface area contributed by atoms with E-state index in [4.69, 9.17) is 0 Å². The van der Waals surface area contributed by atoms with Crippen LogP contribution in [0.4, 0.5) is 4.39 Å². The molecule has 4 heteroatoms. The highest BCUT2D eigenvalue weighted by Gasteiger charge is 2.31. The van der Waals surface area contributed by atoms with Gasteiger partial charge in [-0.3, -0.25) is 4.79 Å². The third kappa shape index (κ3) is 0.832. The van der Waals surface area contributed by atoms with Gasteiger partial charge in [0, 0.05) is 24.3 Å². The average Bonchev–Trinajstić information content (AvgIpc) is 2.71. The Labute approximate surface area is 80.9 Å². The molecule has 14 heavy (non-hydrogen) atoms. The standard InChI is InChI=1S/C10H11FN2O/c11-8-6-2-1-3-7(6)13-5-4-12-10(14)9(8)13/h1-5H2,(H,12,14). The fourth-order valence-corrected chi connectivity index (χ4v) is 2.49. The molecule has 0 aromatic carbocycles. The van der Waals surface area contributed by atoms with Crippen LogP contribution in [0.25, 0.3) is 0 Å². The van der Waals surface area contributed by atoms with Crippen molar-refractivity contribution >= 4 is 5.91 Å². The number of nitrogens with zero attached hydrogens (tertiary/aromatic N) is 1. The Morgan fingerprint density at radius 3 is 3.07 bits per heavy atom. The predicted molar refractivity (Wildman–Crippen MR) is 48.7 cm³/mol. The summed E-state index contributed by atoms with van der Waals surface area (Å²) in [5.74, 6) is -0.544. The van der Waals surface area contributed by atoms with Crippen LogP contribution in [0, 0.1) is 5.82 Å². The first-order chi connectivity index (χ1) is 6.79. The molecular weight excluding hydrogens is 183 g/mol. The third-order valence-electron chi connectivity index (χ3n) is 3.09. The van der Waals surface area contributed by atoms with Crippen LogP contribution in [0.2, 0.25) is 0 Å². The van der Waals surface area contributed by atoms with E-state index in [1.165, 1.54) is 0 Å². The molecule has 0 unspecified atom stereocenters. The van der Waals surface area contributed by atoms with Gasteiger partial charge in [-0.2, -0.15) is 0 Å². The van der Waals surface area contributed by atoms with Gasteiger partial charge in [0.2, 0.25) is 0 Å². The molecule has 0 bridgehead atoms. The number of rotatable bonds is 0. The van der Waals surface area contributed by atoms with Crippen LogP contribution in [-0.2, 0) is 19.4 Å². The van der Waals surface area contributed by atoms with Gasteiger partial charge in [0.15, 0.2) is 5.82 Å². The van der Waals surface area contributed by atoms with Gasteiger partial charge in [-0.25, -0.2) is 4.39 Å². The summed E-state index contributed by atoms with van der Waals surface area (Å²) in [7, 11) is 0. The summed E-state index contributed by atoms with van der Waals surface area (Å²) >= 11 is 0. The van der Waals surface area contributed by atoms with Crippen LogP contribution >= 0.6 is 0 Å². The van der Waals surface area contributed by atoms with Crippen molar-refractivity contribution in [2.45, 2.75) is 25.8 Å². The van der Waals surface area contributed by atoms with Gasteiger partial charge >= 0.3 is 0 Å². The van der Waals surface area contributed by atoms with Crippen LogP contribution < -0.4 is 5.32 Å². The van der Waals surface area contributed by atoms with E-state index in [2.05, 4.69) is 5.32 Å². The van der Waals surface area contributed by atoms with Gasteiger partial charge in [-0.1, -0.05) is 0 Å². The first-order valence-electron chi connectivity index (χ1n) is 4.97. The highest BCUT2D eigenvalue weighted by molar-refractivity contribution is 5.94. The fraction of sp³-hybridized carbons (Fsp3) is 0.500. The molecule has 1 aromatic rings. The summed E-state index contributed by atoms with van der Waals surface area (Å²) < 4.78 is 15.6. The summed E-state index contributed by atoms with van der Waals surface area (Å²) in [5.41, 5.74) is 2.07. The number of amides is 1. The van der Waals surface area contributed by atoms with Crippen molar-refractivity contribution in [2.75, 3.05) is 6.54 Å². The minimum absolute atomic E-state index is 0.251. The minimum Gasteiger partial charge on any atom is -0.349 e.